The summed E-state index contributed by atoms with van der Waals surface area (Å²) in [7, 11) is 0. The Bertz CT molecular complexity index is 1540. The number of fused-ring (bicyclic) bond motifs is 2. The number of aryl methyl sites for hydroxylation is 2. The third-order valence-corrected chi connectivity index (χ3v) is 7.82. The summed E-state index contributed by atoms with van der Waals surface area (Å²) in [6, 6.07) is 12.0. The zero-order chi connectivity index (χ0) is 26.9. The molecule has 0 bridgehead atoms. The minimum atomic E-state index is -0.123. The van der Waals surface area contributed by atoms with Crippen molar-refractivity contribution in [2.75, 3.05) is 13.4 Å². The van der Waals surface area contributed by atoms with Crippen molar-refractivity contribution in [2.45, 2.75) is 71.8 Å². The Morgan fingerprint density at radius 1 is 1.10 bits per heavy atom. The van der Waals surface area contributed by atoms with Gasteiger partial charge in [0.05, 0.1) is 18.7 Å². The van der Waals surface area contributed by atoms with Gasteiger partial charge in [-0.1, -0.05) is 13.0 Å². The zero-order valence-corrected chi connectivity index (χ0v) is 22.6. The van der Waals surface area contributed by atoms with Crippen LogP contribution in [0.15, 0.2) is 41.2 Å². The Balaban J connectivity index is 1.36. The minimum Gasteiger partial charge on any atom is -0.454 e. The SMILES string of the molecule is CCC(c1nnnn1CC1CCCO1)N(Cc1ccc2c(c1)OCO2)Cc1cc2cc(C)c(C)cc2[nH]c1=O. The van der Waals surface area contributed by atoms with Crippen LogP contribution in [0.2, 0.25) is 0 Å². The van der Waals surface area contributed by atoms with E-state index in [0.29, 0.717) is 25.2 Å². The molecule has 2 unspecified atom stereocenters. The molecule has 1 fully saturated rings. The van der Waals surface area contributed by atoms with E-state index >= 15 is 0 Å². The van der Waals surface area contributed by atoms with E-state index < -0.39 is 0 Å². The van der Waals surface area contributed by atoms with Gasteiger partial charge in [-0.15, -0.1) is 5.10 Å². The Hall–Kier alpha value is -3.76. The Morgan fingerprint density at radius 2 is 1.95 bits per heavy atom. The van der Waals surface area contributed by atoms with Gasteiger partial charge < -0.3 is 19.2 Å². The summed E-state index contributed by atoms with van der Waals surface area (Å²) >= 11 is 0. The van der Waals surface area contributed by atoms with Crippen LogP contribution in [0.5, 0.6) is 11.5 Å². The van der Waals surface area contributed by atoms with Gasteiger partial charge in [-0.2, -0.15) is 0 Å². The molecule has 1 N–H and O–H groups in total. The second-order valence-electron chi connectivity index (χ2n) is 10.5. The number of hydrogen-bond acceptors (Lipinski definition) is 8. The van der Waals surface area contributed by atoms with E-state index in [9.17, 15) is 4.79 Å². The van der Waals surface area contributed by atoms with Crippen molar-refractivity contribution >= 4 is 10.9 Å². The molecule has 10 heteroatoms. The van der Waals surface area contributed by atoms with Crippen molar-refractivity contribution in [3.63, 3.8) is 0 Å². The minimum absolute atomic E-state index is 0.0877. The first-order valence-electron chi connectivity index (χ1n) is 13.6. The number of aromatic amines is 1. The maximum atomic E-state index is 13.3. The molecule has 0 amide bonds. The molecule has 204 valence electrons. The third kappa shape index (κ3) is 5.26. The lowest BCUT2D eigenvalue weighted by molar-refractivity contribution is 0.0888. The van der Waals surface area contributed by atoms with Gasteiger partial charge in [0.1, 0.15) is 0 Å². The van der Waals surface area contributed by atoms with Gasteiger partial charge >= 0.3 is 0 Å². The predicted octanol–water partition coefficient (Wildman–Crippen LogP) is 4.19. The van der Waals surface area contributed by atoms with Crippen molar-refractivity contribution in [1.29, 1.82) is 0 Å². The van der Waals surface area contributed by atoms with Crippen molar-refractivity contribution in [2.24, 2.45) is 0 Å². The van der Waals surface area contributed by atoms with Crippen LogP contribution < -0.4 is 15.0 Å². The summed E-state index contributed by atoms with van der Waals surface area (Å²) in [5.41, 5.74) is 4.86. The smallest absolute Gasteiger partial charge is 0.252 e. The highest BCUT2D eigenvalue weighted by Crippen LogP contribution is 2.34. The molecule has 1 saturated heterocycles. The highest BCUT2D eigenvalue weighted by atomic mass is 16.7. The number of hydrogen-bond donors (Lipinski definition) is 1. The van der Waals surface area contributed by atoms with E-state index in [1.165, 1.54) is 5.56 Å². The number of tetrazole rings is 1. The molecule has 0 aliphatic carbocycles. The van der Waals surface area contributed by atoms with Crippen molar-refractivity contribution < 1.29 is 14.2 Å². The summed E-state index contributed by atoms with van der Waals surface area (Å²) in [6.07, 6.45) is 2.93. The average molecular weight is 531 g/mol. The van der Waals surface area contributed by atoms with Crippen LogP contribution in [0.3, 0.4) is 0 Å². The summed E-state index contributed by atoms with van der Waals surface area (Å²) in [4.78, 5) is 18.7. The van der Waals surface area contributed by atoms with Gasteiger partial charge in [0, 0.05) is 30.8 Å². The number of H-pyrrole nitrogens is 1. The molecule has 2 aliphatic heterocycles. The molecule has 6 rings (SSSR count). The van der Waals surface area contributed by atoms with Gasteiger partial charge in [0.15, 0.2) is 17.3 Å². The monoisotopic (exact) mass is 530 g/mol. The van der Waals surface area contributed by atoms with Crippen LogP contribution in [0.4, 0.5) is 0 Å². The Morgan fingerprint density at radius 3 is 2.77 bits per heavy atom. The number of ether oxygens (including phenoxy) is 3. The first kappa shape index (κ1) is 25.5. The third-order valence-electron chi connectivity index (χ3n) is 7.82. The van der Waals surface area contributed by atoms with E-state index in [-0.39, 0.29) is 24.5 Å². The summed E-state index contributed by atoms with van der Waals surface area (Å²) < 4.78 is 18.9. The molecule has 2 aliphatic rings. The molecule has 2 aromatic carbocycles. The number of rotatable bonds is 9. The van der Waals surface area contributed by atoms with E-state index in [0.717, 1.165) is 65.2 Å². The van der Waals surface area contributed by atoms with Gasteiger partial charge in [0.25, 0.3) is 5.56 Å². The van der Waals surface area contributed by atoms with Crippen LogP contribution in [-0.2, 0) is 24.4 Å². The van der Waals surface area contributed by atoms with E-state index in [1.54, 1.807) is 0 Å². The molecule has 4 aromatic rings. The van der Waals surface area contributed by atoms with Crippen molar-refractivity contribution in [1.82, 2.24) is 30.1 Å². The van der Waals surface area contributed by atoms with Gasteiger partial charge in [-0.25, -0.2) is 4.68 Å². The van der Waals surface area contributed by atoms with E-state index in [2.05, 4.69) is 52.2 Å². The number of nitrogens with one attached hydrogen (secondary N) is 1. The number of pyridine rings is 1. The van der Waals surface area contributed by atoms with Crippen LogP contribution >= 0.6 is 0 Å². The first-order chi connectivity index (χ1) is 19.0. The predicted molar refractivity (Wildman–Crippen MR) is 146 cm³/mol. The Kier molecular flexibility index (Phi) is 7.05. The van der Waals surface area contributed by atoms with E-state index in [1.807, 2.05) is 35.0 Å². The fourth-order valence-corrected chi connectivity index (χ4v) is 5.57. The average Bonchev–Trinajstić information content (AvgIpc) is 3.69. The van der Waals surface area contributed by atoms with Gasteiger partial charge in [-0.05, 0) is 95.9 Å². The molecular formula is C29H34N6O4. The van der Waals surface area contributed by atoms with Gasteiger partial charge in [0.2, 0.25) is 6.79 Å². The molecule has 2 atom stereocenters. The van der Waals surface area contributed by atoms with Crippen LogP contribution in [0.25, 0.3) is 10.9 Å². The molecule has 10 nitrogen and oxygen atoms in total. The lowest BCUT2D eigenvalue weighted by Gasteiger charge is -2.30. The second-order valence-corrected chi connectivity index (χ2v) is 10.5. The number of nitrogens with zero attached hydrogens (tertiary/aromatic N) is 5. The number of aromatic nitrogens is 5. The first-order valence-corrected chi connectivity index (χ1v) is 13.6. The van der Waals surface area contributed by atoms with E-state index in [4.69, 9.17) is 14.2 Å². The highest BCUT2D eigenvalue weighted by molar-refractivity contribution is 5.80. The van der Waals surface area contributed by atoms with Crippen LogP contribution in [0.1, 0.15) is 60.3 Å². The fourth-order valence-electron chi connectivity index (χ4n) is 5.57. The second kappa shape index (κ2) is 10.8. The molecule has 0 radical (unpaired) electrons. The molecule has 2 aromatic heterocycles. The molecule has 4 heterocycles. The summed E-state index contributed by atoms with van der Waals surface area (Å²) in [5.74, 6) is 2.25. The highest BCUT2D eigenvalue weighted by Gasteiger charge is 2.28. The standard InChI is InChI=1S/C29H34N6O4/c1-4-25(28-31-32-33-35(28)16-23-6-5-9-37-23)34(14-20-7-8-26-27(12-20)39-17-38-26)15-22-13-21-10-18(2)19(3)11-24(21)30-29(22)36/h7-8,10-13,23,25H,4-6,9,14-17H2,1-3H3,(H,30,36). The largest absolute Gasteiger partial charge is 0.454 e. The Labute approximate surface area is 226 Å². The number of benzene rings is 2. The lowest BCUT2D eigenvalue weighted by Crippen LogP contribution is -2.33. The summed E-state index contributed by atoms with van der Waals surface area (Å²) in [6.45, 7) is 8.89. The van der Waals surface area contributed by atoms with Crippen molar-refractivity contribution in [3.8, 4) is 11.5 Å². The molecule has 39 heavy (non-hydrogen) atoms. The quantitative estimate of drug-likeness (QED) is 0.343. The molecule has 0 saturated carbocycles. The maximum Gasteiger partial charge on any atom is 0.252 e. The lowest BCUT2D eigenvalue weighted by atomic mass is 10.0. The maximum absolute atomic E-state index is 13.3. The normalized spacial score (nSPS) is 17.4. The van der Waals surface area contributed by atoms with Crippen LogP contribution in [0, 0.1) is 13.8 Å². The van der Waals surface area contributed by atoms with Gasteiger partial charge in [-0.3, -0.25) is 9.69 Å². The summed E-state index contributed by atoms with van der Waals surface area (Å²) in [5, 5.41) is 13.8. The molecular weight excluding hydrogens is 496 g/mol. The zero-order valence-electron chi connectivity index (χ0n) is 22.6. The fraction of sp³-hybridized carbons (Fsp3) is 0.448. The topological polar surface area (TPSA) is 107 Å². The molecule has 0 spiro atoms. The van der Waals surface area contributed by atoms with Crippen LogP contribution in [-0.4, -0.2) is 49.6 Å². The van der Waals surface area contributed by atoms with Crippen molar-refractivity contribution in [3.05, 3.63) is 74.8 Å².